The van der Waals surface area contributed by atoms with E-state index in [9.17, 15) is 18.0 Å². The van der Waals surface area contributed by atoms with Crippen molar-refractivity contribution in [1.29, 1.82) is 0 Å². The Labute approximate surface area is 214 Å². The number of benzene rings is 3. The highest BCUT2D eigenvalue weighted by atomic mass is 32.2. The van der Waals surface area contributed by atoms with Crippen LogP contribution in [0.1, 0.15) is 39.5 Å². The molecular weight excluding hydrogens is 492 g/mol. The van der Waals surface area contributed by atoms with Crippen LogP contribution in [0.4, 0.5) is 0 Å². The van der Waals surface area contributed by atoms with Crippen molar-refractivity contribution in [3.63, 3.8) is 0 Å². The molecule has 190 valence electrons. The molecule has 0 fully saturated rings. The Morgan fingerprint density at radius 2 is 1.70 bits per heavy atom. The van der Waals surface area contributed by atoms with Gasteiger partial charge in [0, 0.05) is 29.7 Å². The van der Waals surface area contributed by atoms with E-state index in [0.29, 0.717) is 33.7 Å². The van der Waals surface area contributed by atoms with Gasteiger partial charge in [0.1, 0.15) is 0 Å². The van der Waals surface area contributed by atoms with Crippen molar-refractivity contribution < 1.29 is 22.7 Å². The second-order valence-electron chi connectivity index (χ2n) is 9.19. The number of carbonyl (C=O) groups excluding carboxylic acids is 1. The first-order chi connectivity index (χ1) is 17.6. The maximum atomic E-state index is 13.9. The summed E-state index contributed by atoms with van der Waals surface area (Å²) < 4.78 is 39.8. The van der Waals surface area contributed by atoms with Crippen molar-refractivity contribution in [1.82, 2.24) is 9.29 Å². The van der Waals surface area contributed by atoms with E-state index in [1.54, 1.807) is 30.3 Å². The largest absolute Gasteiger partial charge is 0.454 e. The summed E-state index contributed by atoms with van der Waals surface area (Å²) in [5.41, 5.74) is 3.71. The molecule has 9 heteroatoms. The average molecular weight is 519 g/mol. The fraction of sp³-hybridized carbons (Fsp3) is 0.214. The van der Waals surface area contributed by atoms with Crippen LogP contribution in [0.3, 0.4) is 0 Å². The second-order valence-corrected chi connectivity index (χ2v) is 11.1. The number of nitrogens with one attached hydrogen (secondary N) is 1. The number of hydrogen-bond donors (Lipinski definition) is 1. The van der Waals surface area contributed by atoms with Crippen LogP contribution in [0, 0.1) is 13.8 Å². The van der Waals surface area contributed by atoms with Crippen molar-refractivity contribution in [2.24, 2.45) is 0 Å². The number of Topliss-reactive ketones (excluding diaryl/α,β-unsaturated/α-hetero) is 1. The summed E-state index contributed by atoms with van der Waals surface area (Å²) in [6.07, 6.45) is 0. The Bertz CT molecular complexity index is 1710. The molecule has 0 spiro atoms. The molecule has 0 unspecified atom stereocenters. The van der Waals surface area contributed by atoms with E-state index in [0.717, 1.165) is 16.5 Å². The van der Waals surface area contributed by atoms with Gasteiger partial charge in [-0.2, -0.15) is 4.31 Å². The van der Waals surface area contributed by atoms with Gasteiger partial charge in [-0.15, -0.1) is 0 Å². The number of ether oxygens (including phenoxy) is 2. The zero-order valence-electron chi connectivity index (χ0n) is 20.7. The van der Waals surface area contributed by atoms with Gasteiger partial charge in [-0.25, -0.2) is 8.42 Å². The molecule has 37 heavy (non-hydrogen) atoms. The summed E-state index contributed by atoms with van der Waals surface area (Å²) >= 11 is 0. The normalized spacial score (nSPS) is 12.9. The van der Waals surface area contributed by atoms with Crippen molar-refractivity contribution in [2.45, 2.75) is 38.8 Å². The molecule has 1 aliphatic heterocycles. The van der Waals surface area contributed by atoms with Gasteiger partial charge >= 0.3 is 0 Å². The van der Waals surface area contributed by atoms with Gasteiger partial charge in [-0.05, 0) is 85.3 Å². The molecule has 0 saturated heterocycles. The highest BCUT2D eigenvalue weighted by molar-refractivity contribution is 7.89. The van der Waals surface area contributed by atoms with Crippen LogP contribution in [0.2, 0.25) is 0 Å². The maximum absolute atomic E-state index is 13.9. The lowest BCUT2D eigenvalue weighted by Gasteiger charge is -2.23. The Balaban J connectivity index is 1.58. The molecule has 0 radical (unpaired) electrons. The molecule has 5 rings (SSSR count). The Morgan fingerprint density at radius 1 is 0.946 bits per heavy atom. The minimum atomic E-state index is -4.10. The molecular formula is C28H26N2O6S. The van der Waals surface area contributed by atoms with Gasteiger partial charge in [0.2, 0.25) is 16.8 Å². The lowest BCUT2D eigenvalue weighted by Crippen LogP contribution is -2.32. The van der Waals surface area contributed by atoms with Gasteiger partial charge in [0.15, 0.2) is 17.3 Å². The highest BCUT2D eigenvalue weighted by Gasteiger charge is 2.27. The lowest BCUT2D eigenvalue weighted by atomic mass is 10.0. The van der Waals surface area contributed by atoms with Gasteiger partial charge in [-0.1, -0.05) is 18.2 Å². The third kappa shape index (κ3) is 4.87. The van der Waals surface area contributed by atoms with Crippen LogP contribution in [0.5, 0.6) is 11.5 Å². The average Bonchev–Trinajstić information content (AvgIpc) is 3.33. The zero-order chi connectivity index (χ0) is 26.3. The van der Waals surface area contributed by atoms with E-state index in [1.165, 1.54) is 29.4 Å². The summed E-state index contributed by atoms with van der Waals surface area (Å²) in [7, 11) is -4.10. The summed E-state index contributed by atoms with van der Waals surface area (Å²) in [4.78, 5) is 27.8. The number of fused-ring (bicyclic) bond motifs is 2. The molecule has 0 saturated carbocycles. The first-order valence-corrected chi connectivity index (χ1v) is 13.2. The smallest absolute Gasteiger partial charge is 0.252 e. The predicted molar refractivity (Wildman–Crippen MR) is 139 cm³/mol. The monoisotopic (exact) mass is 518 g/mol. The number of aryl methyl sites for hydroxylation is 2. The van der Waals surface area contributed by atoms with Crippen LogP contribution in [0.25, 0.3) is 10.9 Å². The van der Waals surface area contributed by atoms with Crippen LogP contribution in [-0.4, -0.2) is 30.3 Å². The topological polar surface area (TPSA) is 106 Å². The van der Waals surface area contributed by atoms with E-state index in [4.69, 9.17) is 9.47 Å². The molecule has 0 amide bonds. The summed E-state index contributed by atoms with van der Waals surface area (Å²) in [5, 5.41) is 0.816. The number of aromatic amines is 1. The molecule has 0 atom stereocenters. The number of pyridine rings is 1. The fourth-order valence-corrected chi connectivity index (χ4v) is 5.78. The number of sulfonamides is 1. The van der Waals surface area contributed by atoms with E-state index >= 15 is 0 Å². The molecule has 1 N–H and O–H groups in total. The summed E-state index contributed by atoms with van der Waals surface area (Å²) in [6, 6.07) is 16.7. The third-order valence-corrected chi connectivity index (χ3v) is 8.34. The number of carbonyl (C=O) groups is 1. The maximum Gasteiger partial charge on any atom is 0.252 e. The van der Waals surface area contributed by atoms with Crippen molar-refractivity contribution in [2.75, 3.05) is 6.79 Å². The van der Waals surface area contributed by atoms with Crippen LogP contribution < -0.4 is 15.0 Å². The quantitative estimate of drug-likeness (QED) is 0.362. The van der Waals surface area contributed by atoms with E-state index in [1.807, 2.05) is 26.0 Å². The number of aromatic nitrogens is 1. The molecule has 1 aliphatic rings. The molecule has 0 aliphatic carbocycles. The minimum absolute atomic E-state index is 0.0202. The van der Waals surface area contributed by atoms with Crippen molar-refractivity contribution in [3.05, 3.63) is 98.8 Å². The Kier molecular flexibility index (Phi) is 6.35. The Morgan fingerprint density at radius 3 is 2.49 bits per heavy atom. The molecule has 2 heterocycles. The molecule has 0 bridgehead atoms. The first-order valence-electron chi connectivity index (χ1n) is 11.7. The van der Waals surface area contributed by atoms with Gasteiger partial charge in [0.05, 0.1) is 4.90 Å². The van der Waals surface area contributed by atoms with Gasteiger partial charge < -0.3 is 14.5 Å². The molecule has 4 aromatic rings. The summed E-state index contributed by atoms with van der Waals surface area (Å²) in [6.45, 7) is 5.25. The standard InChI is InChI=1S/C28H26N2O6S/c1-17-9-22-12-23(28(32)29-25(22)10-18(17)2)15-30(14-20-7-8-26-27(11-20)36-16-35-26)37(33,34)24-6-4-5-21(13-24)19(3)31/h4-13H,14-16H2,1-3H3,(H,29,32). The fourth-order valence-electron chi connectivity index (χ4n) is 4.32. The SMILES string of the molecule is CC(=O)c1cccc(S(=O)(=O)N(Cc2ccc3c(c2)OCO3)Cc2cc3cc(C)c(C)cc3[nH]c2=O)c1. The number of ketones is 1. The van der Waals surface area contributed by atoms with Crippen LogP contribution in [-0.2, 0) is 23.1 Å². The molecule has 8 nitrogen and oxygen atoms in total. The Hall–Kier alpha value is -3.95. The minimum Gasteiger partial charge on any atom is -0.454 e. The van der Waals surface area contributed by atoms with E-state index in [2.05, 4.69) is 4.98 Å². The van der Waals surface area contributed by atoms with E-state index < -0.39 is 10.0 Å². The first kappa shape index (κ1) is 24.7. The predicted octanol–water partition coefficient (Wildman–Crippen LogP) is 4.47. The summed E-state index contributed by atoms with van der Waals surface area (Å²) in [5.74, 6) is 0.878. The highest BCUT2D eigenvalue weighted by Crippen LogP contribution is 2.33. The van der Waals surface area contributed by atoms with Gasteiger partial charge in [-0.3, -0.25) is 9.59 Å². The number of rotatable bonds is 7. The second kappa shape index (κ2) is 9.49. The van der Waals surface area contributed by atoms with Crippen molar-refractivity contribution in [3.8, 4) is 11.5 Å². The number of hydrogen-bond acceptors (Lipinski definition) is 6. The van der Waals surface area contributed by atoms with Crippen LogP contribution >= 0.6 is 0 Å². The van der Waals surface area contributed by atoms with Gasteiger partial charge in [0.25, 0.3) is 5.56 Å². The lowest BCUT2D eigenvalue weighted by molar-refractivity contribution is 0.101. The zero-order valence-corrected chi connectivity index (χ0v) is 21.5. The van der Waals surface area contributed by atoms with Crippen molar-refractivity contribution >= 4 is 26.7 Å². The molecule has 1 aromatic heterocycles. The third-order valence-electron chi connectivity index (χ3n) is 6.56. The molecule has 3 aromatic carbocycles. The number of H-pyrrole nitrogens is 1. The number of nitrogens with zero attached hydrogens (tertiary/aromatic N) is 1. The van der Waals surface area contributed by atoms with E-state index in [-0.39, 0.29) is 36.1 Å². The van der Waals surface area contributed by atoms with Crippen LogP contribution in [0.15, 0.2) is 70.4 Å².